The molecule has 0 aromatic heterocycles. The Balaban J connectivity index is 2.21. The molecule has 2 rings (SSSR count). The van der Waals surface area contributed by atoms with Crippen molar-refractivity contribution < 1.29 is 24.2 Å². The van der Waals surface area contributed by atoms with Crippen LogP contribution in [0.3, 0.4) is 0 Å². The number of carboxylic acid groups (broad SMARTS) is 1. The molecule has 0 aliphatic carbocycles. The predicted molar refractivity (Wildman–Crippen MR) is 79.0 cm³/mol. The molecule has 2 aliphatic rings. The summed E-state index contributed by atoms with van der Waals surface area (Å²) in [5.41, 5.74) is 0. The van der Waals surface area contributed by atoms with Crippen molar-refractivity contribution in [3.05, 3.63) is 12.2 Å². The number of carbonyl (C=O) groups is 3. The van der Waals surface area contributed by atoms with Crippen LogP contribution in [-0.4, -0.2) is 46.5 Å². The molecule has 0 spiro atoms. The highest BCUT2D eigenvalue weighted by molar-refractivity contribution is 5.84. The molecule has 3 atom stereocenters. The molecule has 122 valence electrons. The Hall–Kier alpha value is -1.85. The van der Waals surface area contributed by atoms with Gasteiger partial charge < -0.3 is 14.7 Å². The fraction of sp³-hybridized carbons (Fsp3) is 0.688. The van der Waals surface area contributed by atoms with Gasteiger partial charge in [0.05, 0.1) is 18.4 Å². The zero-order valence-corrected chi connectivity index (χ0v) is 12.9. The van der Waals surface area contributed by atoms with E-state index in [4.69, 9.17) is 9.84 Å². The normalized spacial score (nSPS) is 31.7. The van der Waals surface area contributed by atoms with Crippen molar-refractivity contribution in [1.29, 1.82) is 0 Å². The first-order valence-electron chi connectivity index (χ1n) is 7.85. The number of allylic oxidation sites excluding steroid dienone is 2. The van der Waals surface area contributed by atoms with Crippen LogP contribution in [-0.2, 0) is 19.1 Å². The molecule has 1 amide bonds. The number of esters is 1. The lowest BCUT2D eigenvalue weighted by Gasteiger charge is -2.32. The molecule has 1 saturated heterocycles. The number of carboxylic acids is 1. The van der Waals surface area contributed by atoms with Gasteiger partial charge in [-0.2, -0.15) is 0 Å². The number of ether oxygens (including phenoxy) is 1. The Morgan fingerprint density at radius 2 is 2.18 bits per heavy atom. The number of hydrogen-bond donors (Lipinski definition) is 1. The first kappa shape index (κ1) is 16.5. The molecule has 0 saturated carbocycles. The molecule has 0 aromatic carbocycles. The maximum absolute atomic E-state index is 12.7. The number of amides is 1. The van der Waals surface area contributed by atoms with Crippen LogP contribution in [0.15, 0.2) is 12.2 Å². The number of nitrogens with zero attached hydrogens (tertiary/aromatic N) is 1. The van der Waals surface area contributed by atoms with Gasteiger partial charge in [0.25, 0.3) is 0 Å². The van der Waals surface area contributed by atoms with Gasteiger partial charge in [0.2, 0.25) is 5.91 Å². The molecule has 6 heteroatoms. The third-order valence-corrected chi connectivity index (χ3v) is 4.31. The first-order chi connectivity index (χ1) is 10.5. The first-order valence-corrected chi connectivity index (χ1v) is 7.85. The van der Waals surface area contributed by atoms with Gasteiger partial charge >= 0.3 is 11.9 Å². The van der Waals surface area contributed by atoms with Gasteiger partial charge in [-0.15, -0.1) is 0 Å². The summed E-state index contributed by atoms with van der Waals surface area (Å²) in [6, 6.07) is -0.142. The van der Waals surface area contributed by atoms with E-state index in [0.717, 1.165) is 12.8 Å². The molecule has 6 nitrogen and oxygen atoms in total. The van der Waals surface area contributed by atoms with Crippen molar-refractivity contribution in [3.8, 4) is 0 Å². The second kappa shape index (κ2) is 7.42. The molecule has 1 fully saturated rings. The van der Waals surface area contributed by atoms with Crippen molar-refractivity contribution >= 4 is 17.8 Å². The van der Waals surface area contributed by atoms with Gasteiger partial charge in [0, 0.05) is 13.0 Å². The molecule has 1 N–H and O–H groups in total. The summed E-state index contributed by atoms with van der Waals surface area (Å²) >= 11 is 0. The van der Waals surface area contributed by atoms with E-state index < -0.39 is 11.9 Å². The summed E-state index contributed by atoms with van der Waals surface area (Å²) in [5, 5.41) is 9.04. The summed E-state index contributed by atoms with van der Waals surface area (Å²) in [6.07, 6.45) is 6.00. The number of hydrogen-bond acceptors (Lipinski definition) is 4. The van der Waals surface area contributed by atoms with Crippen LogP contribution in [0, 0.1) is 5.92 Å². The van der Waals surface area contributed by atoms with E-state index in [1.165, 1.54) is 0 Å². The van der Waals surface area contributed by atoms with E-state index in [1.807, 2.05) is 13.0 Å². The molecular formula is C16H23NO5. The van der Waals surface area contributed by atoms with E-state index >= 15 is 0 Å². The van der Waals surface area contributed by atoms with Crippen molar-refractivity contribution in [2.45, 2.75) is 57.6 Å². The lowest BCUT2D eigenvalue weighted by atomic mass is 9.97. The molecule has 0 bridgehead atoms. The van der Waals surface area contributed by atoms with Gasteiger partial charge in [-0.3, -0.25) is 14.4 Å². The number of fused-ring (bicyclic) bond motifs is 1. The van der Waals surface area contributed by atoms with Crippen LogP contribution in [0.2, 0.25) is 0 Å². The molecule has 22 heavy (non-hydrogen) atoms. The second-order valence-electron chi connectivity index (χ2n) is 5.98. The summed E-state index contributed by atoms with van der Waals surface area (Å²) in [4.78, 5) is 37.2. The van der Waals surface area contributed by atoms with Crippen LogP contribution in [0.4, 0.5) is 0 Å². The summed E-state index contributed by atoms with van der Waals surface area (Å²) in [6.45, 7) is 2.41. The number of aliphatic carboxylic acids is 1. The highest BCUT2D eigenvalue weighted by Crippen LogP contribution is 2.27. The molecule has 0 aromatic rings. The van der Waals surface area contributed by atoms with Gasteiger partial charge in [-0.1, -0.05) is 12.2 Å². The predicted octanol–water partition coefficient (Wildman–Crippen LogP) is 1.74. The van der Waals surface area contributed by atoms with Crippen molar-refractivity contribution in [2.75, 3.05) is 6.54 Å². The topological polar surface area (TPSA) is 83.9 Å². The molecular weight excluding hydrogens is 286 g/mol. The van der Waals surface area contributed by atoms with E-state index in [9.17, 15) is 14.4 Å². The van der Waals surface area contributed by atoms with E-state index in [2.05, 4.69) is 0 Å². The Morgan fingerprint density at radius 3 is 2.91 bits per heavy atom. The Bertz CT molecular complexity index is 473. The highest BCUT2D eigenvalue weighted by atomic mass is 16.5. The van der Waals surface area contributed by atoms with E-state index in [0.29, 0.717) is 25.8 Å². The van der Waals surface area contributed by atoms with Crippen LogP contribution < -0.4 is 0 Å². The summed E-state index contributed by atoms with van der Waals surface area (Å²) < 4.78 is 5.42. The van der Waals surface area contributed by atoms with Crippen LogP contribution in [0.25, 0.3) is 0 Å². The maximum Gasteiger partial charge on any atom is 0.306 e. The van der Waals surface area contributed by atoms with E-state index in [1.54, 1.807) is 11.0 Å². The molecule has 0 unspecified atom stereocenters. The SMILES string of the molecule is C[C@@H]1OC(=O)CC/C=C/C[C@@H](CC(=O)O)C(=O)N2CCC[C@@H]12. The largest absolute Gasteiger partial charge is 0.481 e. The van der Waals surface area contributed by atoms with Gasteiger partial charge in [0.1, 0.15) is 6.10 Å². The zero-order valence-electron chi connectivity index (χ0n) is 12.9. The van der Waals surface area contributed by atoms with Crippen molar-refractivity contribution in [3.63, 3.8) is 0 Å². The van der Waals surface area contributed by atoms with E-state index in [-0.39, 0.29) is 30.4 Å². The Kier molecular flexibility index (Phi) is 5.57. The van der Waals surface area contributed by atoms with Crippen molar-refractivity contribution in [2.24, 2.45) is 5.92 Å². The van der Waals surface area contributed by atoms with Crippen molar-refractivity contribution in [1.82, 2.24) is 4.90 Å². The number of rotatable bonds is 2. The Morgan fingerprint density at radius 1 is 1.41 bits per heavy atom. The Labute approximate surface area is 130 Å². The average Bonchev–Trinajstić information content (AvgIpc) is 2.92. The third kappa shape index (κ3) is 4.08. The number of cyclic esters (lactones) is 1. The lowest BCUT2D eigenvalue weighted by Crippen LogP contribution is -2.46. The monoisotopic (exact) mass is 309 g/mol. The van der Waals surface area contributed by atoms with Gasteiger partial charge in [-0.25, -0.2) is 0 Å². The van der Waals surface area contributed by atoms with Gasteiger partial charge in [0.15, 0.2) is 0 Å². The minimum Gasteiger partial charge on any atom is -0.481 e. The zero-order chi connectivity index (χ0) is 16.1. The fourth-order valence-corrected chi connectivity index (χ4v) is 3.20. The van der Waals surface area contributed by atoms with Crippen LogP contribution >= 0.6 is 0 Å². The lowest BCUT2D eigenvalue weighted by molar-refractivity contribution is -0.155. The van der Waals surface area contributed by atoms with Crippen LogP contribution in [0.5, 0.6) is 0 Å². The average molecular weight is 309 g/mol. The molecule has 2 aliphatic heterocycles. The maximum atomic E-state index is 12.7. The standard InChI is InChI=1S/C16H23NO5/c1-11-13-7-5-9-17(13)16(21)12(10-14(18)19)6-3-2-4-8-15(20)22-11/h2-3,11-13H,4-10H2,1H3,(H,18,19)/b3-2+/t11-,12-,13-/m0/s1. The number of carbonyl (C=O) groups excluding carboxylic acids is 2. The molecule has 0 radical (unpaired) electrons. The summed E-state index contributed by atoms with van der Waals surface area (Å²) in [7, 11) is 0. The third-order valence-electron chi connectivity index (χ3n) is 4.31. The second-order valence-corrected chi connectivity index (χ2v) is 5.98. The quantitative estimate of drug-likeness (QED) is 0.620. The van der Waals surface area contributed by atoms with Gasteiger partial charge in [-0.05, 0) is 32.6 Å². The highest BCUT2D eigenvalue weighted by Gasteiger charge is 2.37. The summed E-state index contributed by atoms with van der Waals surface area (Å²) in [5.74, 6) is -1.90. The minimum absolute atomic E-state index is 0.141. The minimum atomic E-state index is -0.964. The molecule has 2 heterocycles. The fourth-order valence-electron chi connectivity index (χ4n) is 3.20. The smallest absolute Gasteiger partial charge is 0.306 e. The van der Waals surface area contributed by atoms with Crippen LogP contribution in [0.1, 0.15) is 45.4 Å².